The molecule has 6 nitrogen and oxygen atoms in total. The molecule has 0 saturated carbocycles. The van der Waals surface area contributed by atoms with Crippen LogP contribution in [0.2, 0.25) is 0 Å². The molecule has 0 fully saturated rings. The molecule has 0 rings (SSSR count). The highest BCUT2D eigenvalue weighted by atomic mass is 16.6. The molecule has 0 aromatic heterocycles. The second-order valence-electron chi connectivity index (χ2n) is 4.07. The predicted molar refractivity (Wildman–Crippen MR) is 66.2 cm³/mol. The van der Waals surface area contributed by atoms with E-state index in [9.17, 15) is 9.59 Å². The minimum absolute atomic E-state index is 0.112. The first kappa shape index (κ1) is 16.7. The summed E-state index contributed by atoms with van der Waals surface area (Å²) in [5.41, 5.74) is 0. The molecular weight excluding hydrogens is 238 g/mol. The Bertz CT molecular complexity index is 257. The van der Waals surface area contributed by atoms with E-state index in [-0.39, 0.29) is 31.1 Å². The number of carbonyl (C=O) groups excluding carboxylic acids is 2. The first-order chi connectivity index (χ1) is 8.51. The molecule has 0 bridgehead atoms. The minimum Gasteiger partial charge on any atom is -0.464 e. The van der Waals surface area contributed by atoms with Gasteiger partial charge in [0.2, 0.25) is 0 Å². The number of amides is 1. The third-order valence-corrected chi connectivity index (χ3v) is 2.34. The van der Waals surface area contributed by atoms with Crippen LogP contribution in [0.3, 0.4) is 0 Å². The fraction of sp³-hybridized carbons (Fsp3) is 0.833. The lowest BCUT2D eigenvalue weighted by Gasteiger charge is -2.13. The summed E-state index contributed by atoms with van der Waals surface area (Å²) in [5, 5.41) is 2.49. The topological polar surface area (TPSA) is 73.9 Å². The van der Waals surface area contributed by atoms with Crippen molar-refractivity contribution in [3.05, 3.63) is 0 Å². The smallest absolute Gasteiger partial charge is 0.407 e. The molecule has 0 radical (unpaired) electrons. The van der Waals surface area contributed by atoms with Crippen LogP contribution in [0, 0.1) is 5.92 Å². The zero-order valence-corrected chi connectivity index (χ0v) is 11.5. The lowest BCUT2D eigenvalue weighted by Crippen LogP contribution is -2.32. The summed E-state index contributed by atoms with van der Waals surface area (Å²) in [5.74, 6) is -0.362. The van der Waals surface area contributed by atoms with Gasteiger partial charge in [0, 0.05) is 7.11 Å². The van der Waals surface area contributed by atoms with Crippen molar-refractivity contribution in [1.82, 2.24) is 5.32 Å². The molecule has 0 aliphatic carbocycles. The minimum atomic E-state index is -0.542. The van der Waals surface area contributed by atoms with Gasteiger partial charge in [-0.3, -0.25) is 4.79 Å². The van der Waals surface area contributed by atoms with Crippen LogP contribution in [-0.4, -0.2) is 45.0 Å². The molecule has 6 heteroatoms. The Kier molecular flexibility index (Phi) is 9.00. The van der Waals surface area contributed by atoms with Gasteiger partial charge in [0.25, 0.3) is 0 Å². The summed E-state index contributed by atoms with van der Waals surface area (Å²) in [6.45, 7) is 6.18. The average molecular weight is 261 g/mol. The zero-order chi connectivity index (χ0) is 14.0. The van der Waals surface area contributed by atoms with E-state index in [1.54, 1.807) is 13.8 Å². The first-order valence-electron chi connectivity index (χ1n) is 6.11. The van der Waals surface area contributed by atoms with Crippen molar-refractivity contribution in [2.45, 2.75) is 33.3 Å². The van der Waals surface area contributed by atoms with E-state index in [0.717, 1.165) is 6.42 Å². The van der Waals surface area contributed by atoms with Crippen LogP contribution in [0.4, 0.5) is 4.79 Å². The van der Waals surface area contributed by atoms with E-state index >= 15 is 0 Å². The van der Waals surface area contributed by atoms with Gasteiger partial charge in [-0.15, -0.1) is 0 Å². The average Bonchev–Trinajstić information content (AvgIpc) is 2.33. The molecule has 1 amide bonds. The Morgan fingerprint density at radius 2 is 1.94 bits per heavy atom. The standard InChI is InChI=1S/C12H23NO5/c1-5-9(2)11(14)17-7-6-13-12(15)18-10(3)8-16-4/h9-10H,5-8H2,1-4H3,(H,13,15). The van der Waals surface area contributed by atoms with Crippen molar-refractivity contribution < 1.29 is 23.8 Å². The number of ether oxygens (including phenoxy) is 3. The molecular formula is C12H23NO5. The molecule has 0 aromatic carbocycles. The molecule has 0 aromatic rings. The van der Waals surface area contributed by atoms with Gasteiger partial charge in [0.05, 0.1) is 19.1 Å². The third kappa shape index (κ3) is 7.89. The van der Waals surface area contributed by atoms with E-state index in [1.165, 1.54) is 7.11 Å². The van der Waals surface area contributed by atoms with Crippen molar-refractivity contribution in [1.29, 1.82) is 0 Å². The van der Waals surface area contributed by atoms with E-state index in [2.05, 4.69) is 5.32 Å². The molecule has 18 heavy (non-hydrogen) atoms. The van der Waals surface area contributed by atoms with Crippen LogP contribution in [0.5, 0.6) is 0 Å². The third-order valence-electron chi connectivity index (χ3n) is 2.34. The van der Waals surface area contributed by atoms with E-state index < -0.39 is 6.09 Å². The largest absolute Gasteiger partial charge is 0.464 e. The Labute approximate surface area is 108 Å². The molecule has 0 aliphatic rings. The van der Waals surface area contributed by atoms with Gasteiger partial charge in [-0.25, -0.2) is 4.79 Å². The van der Waals surface area contributed by atoms with Gasteiger partial charge in [-0.1, -0.05) is 13.8 Å². The van der Waals surface area contributed by atoms with Crippen LogP contribution in [0.1, 0.15) is 27.2 Å². The lowest BCUT2D eigenvalue weighted by atomic mass is 10.1. The monoisotopic (exact) mass is 261 g/mol. The van der Waals surface area contributed by atoms with Crippen LogP contribution in [0.25, 0.3) is 0 Å². The highest BCUT2D eigenvalue weighted by Crippen LogP contribution is 2.02. The number of nitrogens with one attached hydrogen (secondary N) is 1. The van der Waals surface area contributed by atoms with Crippen molar-refractivity contribution in [2.24, 2.45) is 5.92 Å². The van der Waals surface area contributed by atoms with Crippen LogP contribution >= 0.6 is 0 Å². The van der Waals surface area contributed by atoms with Gasteiger partial charge in [-0.2, -0.15) is 0 Å². The fourth-order valence-electron chi connectivity index (χ4n) is 1.11. The molecule has 0 aliphatic heterocycles. The van der Waals surface area contributed by atoms with Crippen molar-refractivity contribution >= 4 is 12.1 Å². The maximum atomic E-state index is 11.3. The van der Waals surface area contributed by atoms with Gasteiger partial charge in [0.1, 0.15) is 12.7 Å². The molecule has 0 saturated heterocycles. The van der Waals surface area contributed by atoms with E-state index in [0.29, 0.717) is 6.61 Å². The van der Waals surface area contributed by atoms with Gasteiger partial charge in [-0.05, 0) is 13.3 Å². The molecule has 106 valence electrons. The van der Waals surface area contributed by atoms with Crippen molar-refractivity contribution in [3.8, 4) is 0 Å². The first-order valence-corrected chi connectivity index (χ1v) is 6.11. The summed E-state index contributed by atoms with van der Waals surface area (Å²) in [6, 6.07) is 0. The Balaban J connectivity index is 3.60. The normalized spacial score (nSPS) is 13.6. The summed E-state index contributed by atoms with van der Waals surface area (Å²) in [6.07, 6.45) is -0.111. The summed E-state index contributed by atoms with van der Waals surface area (Å²) < 4.78 is 14.7. The quantitative estimate of drug-likeness (QED) is 0.527. The number of esters is 1. The number of alkyl carbamates (subject to hydrolysis) is 1. The highest BCUT2D eigenvalue weighted by Gasteiger charge is 2.12. The van der Waals surface area contributed by atoms with Crippen LogP contribution < -0.4 is 5.32 Å². The van der Waals surface area contributed by atoms with Gasteiger partial charge >= 0.3 is 12.1 Å². The number of rotatable bonds is 8. The predicted octanol–water partition coefficient (Wildman–Crippen LogP) is 1.34. The Hall–Kier alpha value is -1.30. The number of methoxy groups -OCH3 is 1. The number of hydrogen-bond donors (Lipinski definition) is 1. The molecule has 1 N–H and O–H groups in total. The molecule has 0 heterocycles. The number of hydrogen-bond acceptors (Lipinski definition) is 5. The maximum absolute atomic E-state index is 11.3. The Morgan fingerprint density at radius 1 is 1.28 bits per heavy atom. The van der Waals surface area contributed by atoms with E-state index in [4.69, 9.17) is 14.2 Å². The lowest BCUT2D eigenvalue weighted by molar-refractivity contribution is -0.147. The summed E-state index contributed by atoms with van der Waals surface area (Å²) in [4.78, 5) is 22.5. The second-order valence-corrected chi connectivity index (χ2v) is 4.07. The van der Waals surface area contributed by atoms with Crippen molar-refractivity contribution in [3.63, 3.8) is 0 Å². The molecule has 2 atom stereocenters. The number of carbonyl (C=O) groups is 2. The summed E-state index contributed by atoms with van der Waals surface area (Å²) in [7, 11) is 1.53. The molecule has 2 unspecified atom stereocenters. The van der Waals surface area contributed by atoms with Gasteiger partial charge in [0.15, 0.2) is 0 Å². The Morgan fingerprint density at radius 3 is 2.50 bits per heavy atom. The van der Waals surface area contributed by atoms with Crippen LogP contribution in [0.15, 0.2) is 0 Å². The van der Waals surface area contributed by atoms with E-state index in [1.807, 2.05) is 6.92 Å². The SMILES string of the molecule is CCC(C)C(=O)OCCNC(=O)OC(C)COC. The summed E-state index contributed by atoms with van der Waals surface area (Å²) >= 11 is 0. The van der Waals surface area contributed by atoms with Crippen molar-refractivity contribution in [2.75, 3.05) is 26.9 Å². The maximum Gasteiger partial charge on any atom is 0.407 e. The highest BCUT2D eigenvalue weighted by molar-refractivity contribution is 5.72. The fourth-order valence-corrected chi connectivity index (χ4v) is 1.11. The van der Waals surface area contributed by atoms with Crippen LogP contribution in [-0.2, 0) is 19.0 Å². The van der Waals surface area contributed by atoms with Gasteiger partial charge < -0.3 is 19.5 Å². The molecule has 0 spiro atoms. The second kappa shape index (κ2) is 9.70. The zero-order valence-electron chi connectivity index (χ0n) is 11.5.